The predicted octanol–water partition coefficient (Wildman–Crippen LogP) is 7.28. The molecular formula is C25H55N2+. The van der Waals surface area contributed by atoms with Gasteiger partial charge in [-0.2, -0.15) is 0 Å². The molecule has 0 aliphatic rings. The SMILES string of the molecule is CCCCCN(CCCCC)CCC[N+](CC)(CCCCC)CCCCC. The van der Waals surface area contributed by atoms with Crippen molar-refractivity contribution in [2.75, 3.05) is 45.8 Å². The molecule has 0 unspecified atom stereocenters. The van der Waals surface area contributed by atoms with Crippen LogP contribution in [0.5, 0.6) is 0 Å². The van der Waals surface area contributed by atoms with Crippen molar-refractivity contribution < 1.29 is 4.48 Å². The maximum absolute atomic E-state index is 2.79. The Kier molecular flexibility index (Phi) is 19.2. The van der Waals surface area contributed by atoms with Gasteiger partial charge in [0.25, 0.3) is 0 Å². The lowest BCUT2D eigenvalue weighted by Gasteiger charge is -2.39. The van der Waals surface area contributed by atoms with Crippen LogP contribution < -0.4 is 0 Å². The Morgan fingerprint density at radius 1 is 0.444 bits per heavy atom. The average molecular weight is 384 g/mol. The summed E-state index contributed by atoms with van der Waals surface area (Å²) < 4.78 is 1.39. The van der Waals surface area contributed by atoms with Gasteiger partial charge in [0.2, 0.25) is 0 Å². The van der Waals surface area contributed by atoms with Gasteiger partial charge in [-0.15, -0.1) is 0 Å². The predicted molar refractivity (Wildman–Crippen MR) is 125 cm³/mol. The minimum absolute atomic E-state index is 1.33. The van der Waals surface area contributed by atoms with Crippen LogP contribution in [0, 0.1) is 0 Å². The van der Waals surface area contributed by atoms with Gasteiger partial charge in [0.1, 0.15) is 0 Å². The summed E-state index contributed by atoms with van der Waals surface area (Å²) >= 11 is 0. The van der Waals surface area contributed by atoms with E-state index in [-0.39, 0.29) is 0 Å². The first-order chi connectivity index (χ1) is 13.2. The molecule has 0 saturated carbocycles. The van der Waals surface area contributed by atoms with Crippen LogP contribution in [0.1, 0.15) is 118 Å². The molecule has 0 aromatic heterocycles. The van der Waals surface area contributed by atoms with E-state index in [2.05, 4.69) is 39.5 Å². The zero-order chi connectivity index (χ0) is 20.2. The van der Waals surface area contributed by atoms with Crippen LogP contribution in [0.15, 0.2) is 0 Å². The van der Waals surface area contributed by atoms with Gasteiger partial charge in [-0.05, 0) is 58.5 Å². The molecule has 0 N–H and O–H groups in total. The summed E-state index contributed by atoms with van der Waals surface area (Å²) in [6.07, 6.45) is 18.0. The summed E-state index contributed by atoms with van der Waals surface area (Å²) in [4.78, 5) is 2.79. The van der Waals surface area contributed by atoms with Crippen LogP contribution in [-0.2, 0) is 0 Å². The second kappa shape index (κ2) is 19.2. The quantitative estimate of drug-likeness (QED) is 0.149. The van der Waals surface area contributed by atoms with Crippen molar-refractivity contribution in [2.24, 2.45) is 0 Å². The summed E-state index contributed by atoms with van der Waals surface area (Å²) in [6, 6.07) is 0. The van der Waals surface area contributed by atoms with E-state index in [1.165, 1.54) is 134 Å². The van der Waals surface area contributed by atoms with E-state index < -0.39 is 0 Å². The normalized spacial score (nSPS) is 12.2. The van der Waals surface area contributed by atoms with Crippen molar-refractivity contribution in [3.63, 3.8) is 0 Å². The highest BCUT2D eigenvalue weighted by molar-refractivity contribution is 4.60. The van der Waals surface area contributed by atoms with Gasteiger partial charge >= 0.3 is 0 Å². The van der Waals surface area contributed by atoms with Crippen LogP contribution in [-0.4, -0.2) is 55.2 Å². The number of rotatable bonds is 21. The highest BCUT2D eigenvalue weighted by Crippen LogP contribution is 2.15. The van der Waals surface area contributed by atoms with E-state index in [9.17, 15) is 0 Å². The molecule has 0 atom stereocenters. The summed E-state index contributed by atoms with van der Waals surface area (Å²) in [7, 11) is 0. The van der Waals surface area contributed by atoms with Crippen LogP contribution in [0.25, 0.3) is 0 Å². The lowest BCUT2D eigenvalue weighted by atomic mass is 10.1. The third kappa shape index (κ3) is 14.6. The first kappa shape index (κ1) is 26.9. The third-order valence-corrected chi connectivity index (χ3v) is 6.41. The Morgan fingerprint density at radius 3 is 1.22 bits per heavy atom. The molecule has 2 heteroatoms. The molecule has 0 aliphatic carbocycles. The zero-order valence-corrected chi connectivity index (χ0v) is 20.0. The van der Waals surface area contributed by atoms with E-state index in [4.69, 9.17) is 0 Å². The van der Waals surface area contributed by atoms with E-state index in [1.54, 1.807) is 0 Å². The zero-order valence-electron chi connectivity index (χ0n) is 20.0. The van der Waals surface area contributed by atoms with Gasteiger partial charge in [0, 0.05) is 13.0 Å². The fourth-order valence-corrected chi connectivity index (χ4v) is 4.34. The van der Waals surface area contributed by atoms with Crippen LogP contribution in [0.4, 0.5) is 0 Å². The molecule has 0 aromatic carbocycles. The molecule has 27 heavy (non-hydrogen) atoms. The van der Waals surface area contributed by atoms with Crippen molar-refractivity contribution in [1.82, 2.24) is 4.90 Å². The highest BCUT2D eigenvalue weighted by Gasteiger charge is 2.24. The minimum Gasteiger partial charge on any atom is -0.324 e. The van der Waals surface area contributed by atoms with Gasteiger partial charge in [-0.25, -0.2) is 0 Å². The summed E-state index contributed by atoms with van der Waals surface area (Å²) in [5, 5.41) is 0. The Labute approximate surface area is 173 Å². The first-order valence-corrected chi connectivity index (χ1v) is 12.7. The third-order valence-electron chi connectivity index (χ3n) is 6.41. The lowest BCUT2D eigenvalue weighted by molar-refractivity contribution is -0.927. The molecule has 2 nitrogen and oxygen atoms in total. The van der Waals surface area contributed by atoms with Gasteiger partial charge in [-0.1, -0.05) is 66.2 Å². The van der Waals surface area contributed by atoms with Gasteiger partial charge in [0.05, 0.1) is 26.2 Å². The number of nitrogens with zero attached hydrogens (tertiary/aromatic N) is 2. The minimum atomic E-state index is 1.33. The summed E-state index contributed by atoms with van der Waals surface area (Å²) in [5.41, 5.74) is 0. The molecule has 0 aromatic rings. The Hall–Kier alpha value is -0.0800. The highest BCUT2D eigenvalue weighted by atomic mass is 15.3. The smallest absolute Gasteiger partial charge is 0.0798 e. The number of hydrogen-bond donors (Lipinski definition) is 0. The van der Waals surface area contributed by atoms with Gasteiger partial charge in [-0.3, -0.25) is 0 Å². The van der Waals surface area contributed by atoms with Crippen molar-refractivity contribution in [3.05, 3.63) is 0 Å². The topological polar surface area (TPSA) is 3.24 Å². The molecular weight excluding hydrogens is 328 g/mol. The van der Waals surface area contributed by atoms with E-state index in [0.29, 0.717) is 0 Å². The summed E-state index contributed by atoms with van der Waals surface area (Å²) in [6.45, 7) is 21.3. The molecule has 0 rings (SSSR count). The maximum atomic E-state index is 2.79. The molecule has 0 radical (unpaired) electrons. The van der Waals surface area contributed by atoms with Crippen molar-refractivity contribution >= 4 is 0 Å². The number of quaternary nitrogens is 1. The largest absolute Gasteiger partial charge is 0.324 e. The van der Waals surface area contributed by atoms with Crippen molar-refractivity contribution in [3.8, 4) is 0 Å². The molecule has 0 spiro atoms. The molecule has 0 amide bonds. The molecule has 0 aliphatic heterocycles. The van der Waals surface area contributed by atoms with Gasteiger partial charge < -0.3 is 9.38 Å². The lowest BCUT2D eigenvalue weighted by Crippen LogP contribution is -2.50. The van der Waals surface area contributed by atoms with Gasteiger partial charge in [0.15, 0.2) is 0 Å². The monoisotopic (exact) mass is 383 g/mol. The fourth-order valence-electron chi connectivity index (χ4n) is 4.34. The van der Waals surface area contributed by atoms with Crippen LogP contribution >= 0.6 is 0 Å². The maximum Gasteiger partial charge on any atom is 0.0798 e. The van der Waals surface area contributed by atoms with Crippen LogP contribution in [0.2, 0.25) is 0 Å². The van der Waals surface area contributed by atoms with E-state index in [1.807, 2.05) is 0 Å². The Bertz CT molecular complexity index is 270. The second-order valence-corrected chi connectivity index (χ2v) is 8.85. The van der Waals surface area contributed by atoms with E-state index in [0.717, 1.165) is 0 Å². The fraction of sp³-hybridized carbons (Fsp3) is 1.00. The summed E-state index contributed by atoms with van der Waals surface area (Å²) in [5.74, 6) is 0. The number of hydrogen-bond acceptors (Lipinski definition) is 1. The molecule has 164 valence electrons. The Morgan fingerprint density at radius 2 is 0.815 bits per heavy atom. The molecule has 0 saturated heterocycles. The number of unbranched alkanes of at least 4 members (excludes halogenated alkanes) is 8. The van der Waals surface area contributed by atoms with Crippen molar-refractivity contribution in [2.45, 2.75) is 118 Å². The first-order valence-electron chi connectivity index (χ1n) is 12.7. The Balaban J connectivity index is 4.55. The molecule has 0 heterocycles. The second-order valence-electron chi connectivity index (χ2n) is 8.85. The average Bonchev–Trinajstić information content (AvgIpc) is 2.68. The van der Waals surface area contributed by atoms with Crippen molar-refractivity contribution in [1.29, 1.82) is 0 Å². The molecule has 0 fully saturated rings. The molecule has 0 bridgehead atoms. The van der Waals surface area contributed by atoms with E-state index >= 15 is 0 Å². The van der Waals surface area contributed by atoms with Crippen LogP contribution in [0.3, 0.4) is 0 Å². The standard InChI is InChI=1S/C25H55N2/c1-6-11-15-20-26(21-16-12-7-2)22-19-25-27(10-5,23-17-13-8-3)24-18-14-9-4/h6-25H2,1-5H3/q+1.